The first-order chi connectivity index (χ1) is 55.2. The summed E-state index contributed by atoms with van der Waals surface area (Å²) in [6.45, 7) is 6.82. The number of ether oxygens (including phenoxy) is 4. The van der Waals surface area contributed by atoms with E-state index in [1.54, 1.807) is 18.3 Å². The molecule has 16 atom stereocenters. The second kappa shape index (κ2) is 34.2. The average Bonchev–Trinajstić information content (AvgIpc) is 1.62. The highest BCUT2D eigenvalue weighted by molar-refractivity contribution is 5.88. The highest BCUT2D eigenvalue weighted by Crippen LogP contribution is 2.45. The summed E-state index contributed by atoms with van der Waals surface area (Å²) >= 11 is 0. The Balaban J connectivity index is 0.000000115. The summed E-state index contributed by atoms with van der Waals surface area (Å²) in [5.41, 5.74) is 18.1. The minimum Gasteiger partial charge on any atom is -0.388 e. The third-order valence-corrected chi connectivity index (χ3v) is 23.9. The van der Waals surface area contributed by atoms with Crippen molar-refractivity contribution in [3.05, 3.63) is 285 Å². The largest absolute Gasteiger partial charge is 0.388 e. The topological polar surface area (TPSA) is 299 Å². The van der Waals surface area contributed by atoms with Crippen molar-refractivity contribution in [2.45, 2.75) is 207 Å². The Labute approximate surface area is 661 Å². The molecule has 0 radical (unpaired) electrons. The smallest absolute Gasteiger partial charge is 0.147 e. The van der Waals surface area contributed by atoms with E-state index in [1.807, 2.05) is 77.8 Å². The molecule has 3 saturated carbocycles. The lowest BCUT2D eigenvalue weighted by Gasteiger charge is -2.35. The van der Waals surface area contributed by atoms with E-state index in [9.17, 15) is 65.7 Å². The Bertz CT molecular complexity index is 5100. The van der Waals surface area contributed by atoms with Crippen LogP contribution in [0, 0.1) is 12.7 Å². The second-order valence-corrected chi connectivity index (χ2v) is 32.3. The molecule has 3 aliphatic carbocycles. The third kappa shape index (κ3) is 16.8. The van der Waals surface area contributed by atoms with Gasteiger partial charge >= 0.3 is 0 Å². The number of aromatic nitrogens is 4. The number of halogens is 1. The summed E-state index contributed by atoms with van der Waals surface area (Å²) in [5.74, 6) is 1.83. The molecule has 114 heavy (non-hydrogen) atoms. The fourth-order valence-electron chi connectivity index (χ4n) is 17.0. The number of aliphatic hydroxyl groups is 12. The van der Waals surface area contributed by atoms with Crippen molar-refractivity contribution in [1.29, 1.82) is 0 Å². The second-order valence-electron chi connectivity index (χ2n) is 32.3. The highest BCUT2D eigenvalue weighted by Gasteiger charge is 2.44. The van der Waals surface area contributed by atoms with Crippen molar-refractivity contribution in [2.75, 3.05) is 26.4 Å². The maximum atomic E-state index is 14.7. The Kier molecular flexibility index (Phi) is 23.7. The predicted octanol–water partition coefficient (Wildman–Crippen LogP) is 11.4. The summed E-state index contributed by atoms with van der Waals surface area (Å²) in [7, 11) is 0. The molecule has 7 fully saturated rings. The Morgan fingerprint density at radius 3 is 0.965 bits per heavy atom. The molecular formula is C93H103FN4O16. The van der Waals surface area contributed by atoms with Crippen LogP contribution in [0.3, 0.4) is 0 Å². The van der Waals surface area contributed by atoms with Gasteiger partial charge in [0, 0.05) is 106 Å². The number of hydrogen-bond acceptors (Lipinski definition) is 16. The predicted molar refractivity (Wildman–Crippen MR) is 431 cm³/mol. The van der Waals surface area contributed by atoms with Gasteiger partial charge in [-0.05, 0) is 138 Å². The van der Waals surface area contributed by atoms with Crippen LogP contribution in [-0.4, -0.2) is 179 Å². The lowest BCUT2D eigenvalue weighted by atomic mass is 9.94. The summed E-state index contributed by atoms with van der Waals surface area (Å²) in [6.07, 6.45) is 0.768. The summed E-state index contributed by atoms with van der Waals surface area (Å²) in [6, 6.07) is 61.7. The zero-order valence-corrected chi connectivity index (χ0v) is 64.1. The number of aryl methyl sites for hydroxylation is 2. The molecule has 20 nitrogen and oxygen atoms in total. The van der Waals surface area contributed by atoms with E-state index in [0.717, 1.165) is 98.3 Å². The molecule has 0 spiro atoms. The zero-order chi connectivity index (χ0) is 79.2. The minimum absolute atomic E-state index is 0.00128. The van der Waals surface area contributed by atoms with Gasteiger partial charge in [0.2, 0.25) is 0 Å². The van der Waals surface area contributed by atoms with Crippen LogP contribution in [0.25, 0.3) is 43.6 Å². The molecule has 7 aliphatic rings. The molecule has 12 N–H and O–H groups in total. The van der Waals surface area contributed by atoms with Gasteiger partial charge in [-0.3, -0.25) is 0 Å². The highest BCUT2D eigenvalue weighted by atomic mass is 19.1. The van der Waals surface area contributed by atoms with Crippen molar-refractivity contribution in [2.24, 2.45) is 0 Å². The minimum atomic E-state index is -1.31. The molecule has 21 heteroatoms. The fraction of sp³-hybridized carbons (Fsp3) is 0.398. The molecule has 0 bridgehead atoms. The van der Waals surface area contributed by atoms with Crippen LogP contribution in [0.5, 0.6) is 0 Å². The number of benzene rings is 8. The van der Waals surface area contributed by atoms with E-state index in [-0.39, 0.29) is 32.2 Å². The lowest BCUT2D eigenvalue weighted by Crippen LogP contribution is -2.48. The van der Waals surface area contributed by atoms with Crippen molar-refractivity contribution in [3.8, 4) is 0 Å². The van der Waals surface area contributed by atoms with Gasteiger partial charge < -0.3 is 98.5 Å². The van der Waals surface area contributed by atoms with Crippen LogP contribution >= 0.6 is 0 Å². The lowest BCUT2D eigenvalue weighted by molar-refractivity contribution is -0.188. The quantitative estimate of drug-likeness (QED) is 0.0403. The molecule has 4 saturated heterocycles. The summed E-state index contributed by atoms with van der Waals surface area (Å²) in [4.78, 5) is 0. The van der Waals surface area contributed by atoms with Crippen LogP contribution in [-0.2, 0) is 51.5 Å². The molecule has 4 aliphatic heterocycles. The van der Waals surface area contributed by atoms with Gasteiger partial charge in [-0.15, -0.1) is 0 Å². The van der Waals surface area contributed by atoms with Gasteiger partial charge in [-0.25, -0.2) is 4.39 Å². The Morgan fingerprint density at radius 1 is 0.316 bits per heavy atom. The van der Waals surface area contributed by atoms with Gasteiger partial charge in [0.15, 0.2) is 0 Å². The molecule has 19 rings (SSSR count). The summed E-state index contributed by atoms with van der Waals surface area (Å²) < 4.78 is 45.8. The number of fused-ring (bicyclic) bond motifs is 4. The van der Waals surface area contributed by atoms with E-state index in [4.69, 9.17) is 18.9 Å². The number of rotatable bonds is 17. The van der Waals surface area contributed by atoms with E-state index in [1.165, 1.54) is 83.5 Å². The standard InChI is InChI=1S/C24H27NO4.C23H24FNO4.C23H25NO4.C23H27NO4/c1-14-3-2-4-18-19(24-23(28)22(27)20(26)13-29-24)12-25(21(14)18)11-15-5-7-16(8-6-15)17-9-10-17;24-18-3-1-2-16-17(23-22(28)21(27)19(26)12-29-23)11-25(20(16)18)10-13-4-6-14(7-5-13)15-8-9-15;25-20-13-28-23(22(27)21(20)26)18-12-24(19-4-2-1-3-17(18)19)11-14-5-7-15(8-6-14)16-9-10-16;1-2-5-15-8-10-16(11-9-15)12-24-13-18(17-6-3-4-7-19(17)24)23-22(27)21(26)20(25)14-28-23/h2-8,12,17,20,22-24,26-28H,9-11,13H2,1H3;1-7,11,15,19,21-23,26-28H,8-10,12H2;1-8,12,16,20-23,25-27H,9-11,13H2;3-4,6-11,13,20-23,25-27H,2,5,12,14H2,1H3/t20-,22+,23-,24+;19-,21+,22-,23+;2*20-,21+,22-,23+/m1111/s1. The van der Waals surface area contributed by atoms with Crippen LogP contribution in [0.4, 0.5) is 4.39 Å². The van der Waals surface area contributed by atoms with E-state index < -0.39 is 97.7 Å². The number of para-hydroxylation sites is 4. The van der Waals surface area contributed by atoms with Crippen LogP contribution in [0.15, 0.2) is 207 Å². The van der Waals surface area contributed by atoms with Crippen molar-refractivity contribution in [3.63, 3.8) is 0 Å². The average molecular weight is 1550 g/mol. The van der Waals surface area contributed by atoms with Crippen LogP contribution in [0.2, 0.25) is 0 Å². The van der Waals surface area contributed by atoms with E-state index in [2.05, 4.69) is 137 Å². The molecule has 12 aromatic rings. The maximum Gasteiger partial charge on any atom is 0.147 e. The monoisotopic (exact) mass is 1550 g/mol. The van der Waals surface area contributed by atoms with Crippen LogP contribution < -0.4 is 0 Å². The van der Waals surface area contributed by atoms with Gasteiger partial charge in [0.25, 0.3) is 0 Å². The normalized spacial score (nSPS) is 27.0. The summed E-state index contributed by atoms with van der Waals surface area (Å²) in [5, 5.41) is 125. The first-order valence-electron chi connectivity index (χ1n) is 40.2. The first kappa shape index (κ1) is 79.1. The molecule has 0 unspecified atom stereocenters. The maximum absolute atomic E-state index is 14.7. The third-order valence-electron chi connectivity index (χ3n) is 23.9. The fourth-order valence-corrected chi connectivity index (χ4v) is 17.0. The molecule has 0 amide bonds. The number of aliphatic hydroxyl groups excluding tert-OH is 12. The SMILES string of the molecule is CCCc1ccc(Cn2cc([C@@H]3OC[C@@H](O)[C@H](O)[C@H]3O)c3ccccc32)cc1.Cc1cccc2c([C@@H]3OC[C@@H](O)[C@H](O)[C@H]3O)cn(Cc3ccc(C4CC4)cc3)c12.O[C@@H]1[C@@H](O)[C@H](c2cn(Cc3ccc(C4CC4)cc3)c3c(F)cccc23)OC[C@H]1O.O[C@@H]1[C@@H](O)[C@H](c2cn(Cc3ccc(C4CC4)cc3)c3ccccc23)OC[C@H]1O. The Hall–Kier alpha value is -8.79. The molecule has 598 valence electrons. The first-order valence-corrected chi connectivity index (χ1v) is 40.2. The van der Waals surface area contributed by atoms with Crippen LogP contribution in [0.1, 0.15) is 166 Å². The molecule has 8 aromatic carbocycles. The number of hydrogen-bond donors (Lipinski definition) is 12. The zero-order valence-electron chi connectivity index (χ0n) is 64.1. The van der Waals surface area contributed by atoms with Crippen molar-refractivity contribution >= 4 is 43.6 Å². The molecule has 8 heterocycles. The number of nitrogens with zero attached hydrogens (tertiary/aromatic N) is 4. The Morgan fingerprint density at radius 2 is 0.605 bits per heavy atom. The molecule has 4 aromatic heterocycles. The van der Waals surface area contributed by atoms with Gasteiger partial charge in [0.1, 0.15) is 103 Å². The van der Waals surface area contributed by atoms with Crippen molar-refractivity contribution in [1.82, 2.24) is 18.3 Å². The van der Waals surface area contributed by atoms with Gasteiger partial charge in [0.05, 0.1) is 37.5 Å². The van der Waals surface area contributed by atoms with Gasteiger partial charge in [-0.2, -0.15) is 0 Å². The van der Waals surface area contributed by atoms with Crippen molar-refractivity contribution < 1.29 is 84.6 Å². The van der Waals surface area contributed by atoms with E-state index >= 15 is 0 Å². The van der Waals surface area contributed by atoms with E-state index in [0.29, 0.717) is 35.5 Å². The van der Waals surface area contributed by atoms with Gasteiger partial charge in [-0.1, -0.05) is 177 Å². The molecular weight excluding hydrogens is 1450 g/mol.